The summed E-state index contributed by atoms with van der Waals surface area (Å²) >= 11 is 0. The van der Waals surface area contributed by atoms with Crippen LogP contribution < -0.4 is 5.32 Å². The molecule has 36 heavy (non-hydrogen) atoms. The molecule has 9 nitrogen and oxygen atoms in total. The molecule has 0 aliphatic carbocycles. The summed E-state index contributed by atoms with van der Waals surface area (Å²) in [6.07, 6.45) is 8.60. The third kappa shape index (κ3) is 11.4. The van der Waals surface area contributed by atoms with Crippen LogP contribution in [-0.2, 0) is 23.9 Å². The number of methoxy groups -OCH3 is 1. The first-order valence-electron chi connectivity index (χ1n) is 12.4. The van der Waals surface area contributed by atoms with Crippen LogP contribution in [0, 0.1) is 17.8 Å². The van der Waals surface area contributed by atoms with Crippen LogP contribution >= 0.6 is 0 Å². The quantitative estimate of drug-likeness (QED) is 0.108. The minimum Gasteiger partial charge on any atom is -0.478 e. The zero-order chi connectivity index (χ0) is 27.3. The number of aliphatic carboxylic acids is 1. The largest absolute Gasteiger partial charge is 0.478 e. The van der Waals surface area contributed by atoms with Gasteiger partial charge in [0, 0.05) is 44.3 Å². The van der Waals surface area contributed by atoms with Gasteiger partial charge in [-0.25, -0.2) is 4.79 Å². The topological polar surface area (TPSA) is 150 Å². The van der Waals surface area contributed by atoms with E-state index in [0.29, 0.717) is 44.1 Å². The van der Waals surface area contributed by atoms with Gasteiger partial charge in [0.2, 0.25) is 11.8 Å². The maximum atomic E-state index is 12.6. The number of allylic oxidation sites excluding steroid dienone is 2. The first kappa shape index (κ1) is 31.4. The molecule has 0 aromatic heterocycles. The van der Waals surface area contributed by atoms with Gasteiger partial charge in [0.1, 0.15) is 11.9 Å². The molecule has 0 aromatic carbocycles. The molecule has 1 rings (SSSR count). The average Bonchev–Trinajstić information content (AvgIpc) is 2.81. The number of aliphatic hydroxyl groups excluding tert-OH is 2. The van der Waals surface area contributed by atoms with E-state index in [1.807, 2.05) is 6.08 Å². The highest BCUT2D eigenvalue weighted by Crippen LogP contribution is 2.23. The second-order valence-electron chi connectivity index (χ2n) is 9.54. The van der Waals surface area contributed by atoms with Crippen molar-refractivity contribution in [2.75, 3.05) is 7.11 Å². The van der Waals surface area contributed by atoms with Gasteiger partial charge in [-0.3, -0.25) is 19.7 Å². The van der Waals surface area contributed by atoms with Crippen molar-refractivity contribution in [1.82, 2.24) is 5.32 Å². The van der Waals surface area contributed by atoms with Gasteiger partial charge in [-0.15, -0.1) is 0 Å². The number of Topliss-reactive ketones (excluding diaryl/α,β-unsaturated/α-hetero) is 1. The molecule has 1 heterocycles. The van der Waals surface area contributed by atoms with Crippen LogP contribution in [0.15, 0.2) is 36.0 Å². The Hall–Kier alpha value is -2.62. The number of hydrogen-bond acceptors (Lipinski definition) is 7. The molecular formula is C27H41NO8. The fourth-order valence-electron chi connectivity index (χ4n) is 4.27. The summed E-state index contributed by atoms with van der Waals surface area (Å²) in [7, 11) is 1.48. The first-order chi connectivity index (χ1) is 17.0. The third-order valence-corrected chi connectivity index (χ3v) is 6.47. The molecule has 9 heteroatoms. The number of nitrogens with one attached hydrogen (secondary N) is 1. The van der Waals surface area contributed by atoms with E-state index in [2.05, 4.69) is 5.32 Å². The number of carbonyl (C=O) groups is 4. The van der Waals surface area contributed by atoms with E-state index < -0.39 is 30.2 Å². The minimum atomic E-state index is -0.994. The average molecular weight is 508 g/mol. The normalized spacial score (nSPS) is 19.8. The van der Waals surface area contributed by atoms with Crippen LogP contribution in [-0.4, -0.2) is 64.3 Å². The number of carboxylic acid groups (broad SMARTS) is 1. The summed E-state index contributed by atoms with van der Waals surface area (Å²) < 4.78 is 5.37. The highest BCUT2D eigenvalue weighted by Gasteiger charge is 2.27. The standard InChI is InChI=1S/C27H41NO8/c1-17(14-18(2)27(35)22(36-4)12-7-5-6-8-13-25(32)33)26(34)19(3)21(29)11-9-10-20-15-23(30)28-24(31)16-20/h7-8,12-14,18-20,22,26-27,34-35H,5-6,9-11,15-16H2,1-4H3,(H,32,33)(H,28,30,31)/b12-7+,13-8+,17-14+/t18-,19+,22-,26+,27-/m1/s1. The Bertz CT molecular complexity index is 831. The van der Waals surface area contributed by atoms with E-state index in [4.69, 9.17) is 9.84 Å². The Balaban J connectivity index is 2.57. The fraction of sp³-hybridized carbons (Fsp3) is 0.630. The molecule has 0 radical (unpaired) electrons. The van der Waals surface area contributed by atoms with E-state index in [-0.39, 0.29) is 35.9 Å². The number of piperidine rings is 1. The van der Waals surface area contributed by atoms with Crippen molar-refractivity contribution < 1.29 is 39.2 Å². The molecule has 1 saturated heterocycles. The monoisotopic (exact) mass is 507 g/mol. The summed E-state index contributed by atoms with van der Waals surface area (Å²) in [5.74, 6) is -2.68. The molecule has 1 aliphatic rings. The summed E-state index contributed by atoms with van der Waals surface area (Å²) in [6.45, 7) is 5.18. The Morgan fingerprint density at radius 1 is 1.11 bits per heavy atom. The number of ketones is 1. The molecule has 0 saturated carbocycles. The lowest BCUT2D eigenvalue weighted by Crippen LogP contribution is -2.38. The second-order valence-corrected chi connectivity index (χ2v) is 9.54. The smallest absolute Gasteiger partial charge is 0.327 e. The molecule has 202 valence electrons. The van der Waals surface area contributed by atoms with E-state index in [1.54, 1.807) is 39.0 Å². The molecule has 0 unspecified atom stereocenters. The van der Waals surface area contributed by atoms with Crippen LogP contribution in [0.4, 0.5) is 0 Å². The maximum Gasteiger partial charge on any atom is 0.327 e. The summed E-state index contributed by atoms with van der Waals surface area (Å²) in [6, 6.07) is 0. The highest BCUT2D eigenvalue weighted by atomic mass is 16.5. The number of carboxylic acids is 1. The van der Waals surface area contributed by atoms with Crippen molar-refractivity contribution in [3.63, 3.8) is 0 Å². The van der Waals surface area contributed by atoms with Gasteiger partial charge in [-0.2, -0.15) is 0 Å². The molecule has 0 bridgehead atoms. The number of imide groups is 1. The van der Waals surface area contributed by atoms with Gasteiger partial charge >= 0.3 is 5.97 Å². The van der Waals surface area contributed by atoms with E-state index >= 15 is 0 Å². The molecule has 0 aromatic rings. The van der Waals surface area contributed by atoms with Crippen LogP contribution in [0.5, 0.6) is 0 Å². The number of rotatable bonds is 16. The van der Waals surface area contributed by atoms with Crippen LogP contribution in [0.25, 0.3) is 0 Å². The number of ether oxygens (including phenoxy) is 1. The minimum absolute atomic E-state index is 0.0489. The van der Waals surface area contributed by atoms with E-state index in [9.17, 15) is 29.4 Å². The van der Waals surface area contributed by atoms with Crippen molar-refractivity contribution in [3.05, 3.63) is 36.0 Å². The maximum absolute atomic E-state index is 12.6. The van der Waals surface area contributed by atoms with Gasteiger partial charge in [0.25, 0.3) is 0 Å². The molecule has 4 N–H and O–H groups in total. The molecular weight excluding hydrogens is 466 g/mol. The Kier molecular flexibility index (Phi) is 14.1. The van der Waals surface area contributed by atoms with Crippen molar-refractivity contribution in [3.8, 4) is 0 Å². The van der Waals surface area contributed by atoms with E-state index in [0.717, 1.165) is 6.08 Å². The van der Waals surface area contributed by atoms with Crippen LogP contribution in [0.3, 0.4) is 0 Å². The zero-order valence-corrected chi connectivity index (χ0v) is 21.7. The number of hydrogen-bond donors (Lipinski definition) is 4. The van der Waals surface area contributed by atoms with Crippen LogP contribution in [0.1, 0.15) is 65.7 Å². The number of carbonyl (C=O) groups excluding carboxylic acids is 3. The van der Waals surface area contributed by atoms with E-state index in [1.165, 1.54) is 7.11 Å². The number of aliphatic hydroxyl groups is 2. The number of amides is 2. The predicted octanol–water partition coefficient (Wildman–Crippen LogP) is 2.71. The predicted molar refractivity (Wildman–Crippen MR) is 135 cm³/mol. The zero-order valence-electron chi connectivity index (χ0n) is 21.7. The van der Waals surface area contributed by atoms with Gasteiger partial charge in [-0.1, -0.05) is 38.2 Å². The van der Waals surface area contributed by atoms with Gasteiger partial charge in [-0.05, 0) is 44.1 Å². The molecule has 1 fully saturated rings. The Labute approximate surface area is 213 Å². The summed E-state index contributed by atoms with van der Waals surface area (Å²) in [5, 5.41) is 32.3. The second kappa shape index (κ2) is 16.2. The van der Waals surface area contributed by atoms with Gasteiger partial charge in [0.15, 0.2) is 0 Å². The Morgan fingerprint density at radius 3 is 2.31 bits per heavy atom. The third-order valence-electron chi connectivity index (χ3n) is 6.47. The lowest BCUT2D eigenvalue weighted by atomic mass is 9.87. The fourth-order valence-corrected chi connectivity index (χ4v) is 4.27. The first-order valence-corrected chi connectivity index (χ1v) is 12.4. The van der Waals surface area contributed by atoms with Crippen LogP contribution in [0.2, 0.25) is 0 Å². The van der Waals surface area contributed by atoms with Crippen molar-refractivity contribution in [1.29, 1.82) is 0 Å². The number of unbranched alkanes of at least 4 members (excludes halogenated alkanes) is 1. The summed E-state index contributed by atoms with van der Waals surface area (Å²) in [5.41, 5.74) is 0.578. The molecule has 5 atom stereocenters. The lowest BCUT2D eigenvalue weighted by molar-refractivity contribution is -0.135. The Morgan fingerprint density at radius 2 is 1.72 bits per heavy atom. The highest BCUT2D eigenvalue weighted by molar-refractivity contribution is 5.97. The van der Waals surface area contributed by atoms with Crippen molar-refractivity contribution in [2.45, 2.75) is 84.0 Å². The van der Waals surface area contributed by atoms with Crippen molar-refractivity contribution in [2.24, 2.45) is 17.8 Å². The SMILES string of the molecule is CO[C@H](/C=C/CC/C=C/C(=O)O)[C@H](O)[C@H](C)/C=C(\C)[C@H](O)[C@@H](C)C(=O)CCCC1CC(=O)NC(=O)C1. The summed E-state index contributed by atoms with van der Waals surface area (Å²) in [4.78, 5) is 46.0. The lowest BCUT2D eigenvalue weighted by Gasteiger charge is -2.25. The van der Waals surface area contributed by atoms with Crippen molar-refractivity contribution >= 4 is 23.6 Å². The van der Waals surface area contributed by atoms with Gasteiger partial charge in [0.05, 0.1) is 12.2 Å². The molecule has 0 spiro atoms. The molecule has 2 amide bonds. The van der Waals surface area contributed by atoms with Gasteiger partial charge < -0.3 is 20.1 Å². The molecule has 1 aliphatic heterocycles.